The first-order chi connectivity index (χ1) is 9.33. The molecule has 0 spiro atoms. The normalized spacial score (nSPS) is 10.6. The zero-order chi connectivity index (χ0) is 13.1. The second-order valence-corrected chi connectivity index (χ2v) is 4.17. The van der Waals surface area contributed by atoms with Gasteiger partial charge in [-0.3, -0.25) is 0 Å². The predicted molar refractivity (Wildman–Crippen MR) is 70.3 cm³/mol. The van der Waals surface area contributed by atoms with Crippen molar-refractivity contribution in [2.45, 2.75) is 6.54 Å². The summed E-state index contributed by atoms with van der Waals surface area (Å²) in [5.41, 5.74) is 3.01. The molecule has 6 nitrogen and oxygen atoms in total. The molecular weight excluding hydrogens is 242 g/mol. The van der Waals surface area contributed by atoms with Crippen LogP contribution in [0.5, 0.6) is 0 Å². The van der Waals surface area contributed by atoms with E-state index in [2.05, 4.69) is 20.5 Å². The maximum atomic E-state index is 5.18. The van der Waals surface area contributed by atoms with Gasteiger partial charge in [0.05, 0.1) is 18.6 Å². The SMILES string of the molecule is Cn1cncc1CNc1cccc(-c2nnco2)c1. The standard InChI is InChI=1S/C13H13N5O/c1-18-8-14-6-12(18)7-15-11-4-2-3-10(5-11)13-17-16-9-19-13/h2-6,8-9,15H,7H2,1H3. The van der Waals surface area contributed by atoms with Crippen LogP contribution in [0.25, 0.3) is 11.5 Å². The minimum absolute atomic E-state index is 0.518. The fraction of sp³-hybridized carbons (Fsp3) is 0.154. The van der Waals surface area contributed by atoms with Gasteiger partial charge in [0.25, 0.3) is 0 Å². The second-order valence-electron chi connectivity index (χ2n) is 4.17. The quantitative estimate of drug-likeness (QED) is 0.773. The zero-order valence-corrected chi connectivity index (χ0v) is 10.4. The molecule has 0 atom stereocenters. The fourth-order valence-electron chi connectivity index (χ4n) is 1.81. The van der Waals surface area contributed by atoms with Gasteiger partial charge in [-0.25, -0.2) is 4.98 Å². The molecule has 0 bridgehead atoms. The highest BCUT2D eigenvalue weighted by Crippen LogP contribution is 2.20. The molecule has 0 saturated carbocycles. The summed E-state index contributed by atoms with van der Waals surface area (Å²) in [6, 6.07) is 7.86. The Labute approximate surface area is 110 Å². The van der Waals surface area contributed by atoms with Crippen LogP contribution >= 0.6 is 0 Å². The molecule has 1 aromatic carbocycles. The molecular formula is C13H13N5O. The average molecular weight is 255 g/mol. The molecule has 0 saturated heterocycles. The summed E-state index contributed by atoms with van der Waals surface area (Å²) in [5, 5.41) is 10.9. The number of hydrogen-bond acceptors (Lipinski definition) is 5. The number of nitrogens with one attached hydrogen (secondary N) is 1. The van der Waals surface area contributed by atoms with E-state index in [4.69, 9.17) is 4.42 Å². The van der Waals surface area contributed by atoms with Crippen LogP contribution in [0.15, 0.2) is 47.6 Å². The van der Waals surface area contributed by atoms with Crippen LogP contribution in [0.4, 0.5) is 5.69 Å². The summed E-state index contributed by atoms with van der Waals surface area (Å²) in [6.07, 6.45) is 4.95. The maximum Gasteiger partial charge on any atom is 0.247 e. The molecule has 2 aromatic heterocycles. The van der Waals surface area contributed by atoms with Crippen molar-refractivity contribution in [3.05, 3.63) is 48.9 Å². The maximum absolute atomic E-state index is 5.18. The Balaban J connectivity index is 1.75. The Morgan fingerprint density at radius 2 is 2.32 bits per heavy atom. The Kier molecular flexibility index (Phi) is 2.97. The molecule has 0 aliphatic rings. The van der Waals surface area contributed by atoms with Gasteiger partial charge in [-0.1, -0.05) is 6.07 Å². The van der Waals surface area contributed by atoms with Crippen LogP contribution < -0.4 is 5.32 Å². The van der Waals surface area contributed by atoms with Gasteiger partial charge in [-0.15, -0.1) is 10.2 Å². The van der Waals surface area contributed by atoms with Crippen molar-refractivity contribution in [2.75, 3.05) is 5.32 Å². The van der Waals surface area contributed by atoms with Crippen molar-refractivity contribution in [3.63, 3.8) is 0 Å². The molecule has 0 aliphatic heterocycles. The fourth-order valence-corrected chi connectivity index (χ4v) is 1.81. The Morgan fingerprint density at radius 1 is 1.37 bits per heavy atom. The van der Waals surface area contributed by atoms with Gasteiger partial charge in [0.15, 0.2) is 0 Å². The smallest absolute Gasteiger partial charge is 0.247 e. The third-order valence-electron chi connectivity index (χ3n) is 2.86. The van der Waals surface area contributed by atoms with Crippen molar-refractivity contribution in [3.8, 4) is 11.5 Å². The molecule has 6 heteroatoms. The van der Waals surface area contributed by atoms with Gasteiger partial charge >= 0.3 is 0 Å². The van der Waals surface area contributed by atoms with Crippen LogP contribution in [-0.4, -0.2) is 19.7 Å². The van der Waals surface area contributed by atoms with E-state index in [1.54, 1.807) is 6.33 Å². The Hall–Kier alpha value is -2.63. The highest BCUT2D eigenvalue weighted by Gasteiger charge is 2.04. The first-order valence-corrected chi connectivity index (χ1v) is 5.88. The number of benzene rings is 1. The van der Waals surface area contributed by atoms with Crippen molar-refractivity contribution in [2.24, 2.45) is 7.05 Å². The van der Waals surface area contributed by atoms with Crippen LogP contribution in [0.2, 0.25) is 0 Å². The summed E-state index contributed by atoms with van der Waals surface area (Å²) >= 11 is 0. The van der Waals surface area contributed by atoms with E-state index < -0.39 is 0 Å². The van der Waals surface area contributed by atoms with Crippen LogP contribution in [-0.2, 0) is 13.6 Å². The van der Waals surface area contributed by atoms with Crippen molar-refractivity contribution >= 4 is 5.69 Å². The van der Waals surface area contributed by atoms with E-state index in [1.807, 2.05) is 42.1 Å². The lowest BCUT2D eigenvalue weighted by molar-refractivity contribution is 0.568. The zero-order valence-electron chi connectivity index (χ0n) is 10.4. The van der Waals surface area contributed by atoms with Crippen LogP contribution in [0.3, 0.4) is 0 Å². The van der Waals surface area contributed by atoms with Gasteiger partial charge in [0.2, 0.25) is 12.3 Å². The van der Waals surface area contributed by atoms with Gasteiger partial charge in [-0.05, 0) is 18.2 Å². The molecule has 2 heterocycles. The summed E-state index contributed by atoms with van der Waals surface area (Å²) in [4.78, 5) is 4.08. The van der Waals surface area contributed by atoms with Gasteiger partial charge in [0.1, 0.15) is 0 Å². The van der Waals surface area contributed by atoms with E-state index in [-0.39, 0.29) is 0 Å². The van der Waals surface area contributed by atoms with Crippen LogP contribution in [0.1, 0.15) is 5.69 Å². The Bertz CT molecular complexity index is 659. The molecule has 0 amide bonds. The largest absolute Gasteiger partial charge is 0.423 e. The van der Waals surface area contributed by atoms with Crippen molar-refractivity contribution in [1.82, 2.24) is 19.7 Å². The monoisotopic (exact) mass is 255 g/mol. The van der Waals surface area contributed by atoms with E-state index in [1.165, 1.54) is 6.39 Å². The van der Waals surface area contributed by atoms with Crippen LogP contribution in [0, 0.1) is 0 Å². The lowest BCUT2D eigenvalue weighted by Gasteiger charge is -2.07. The molecule has 3 aromatic rings. The molecule has 0 unspecified atom stereocenters. The third-order valence-corrected chi connectivity index (χ3v) is 2.86. The van der Waals surface area contributed by atoms with E-state index >= 15 is 0 Å². The van der Waals surface area contributed by atoms with E-state index in [0.29, 0.717) is 12.4 Å². The first kappa shape index (κ1) is 11.5. The lowest BCUT2D eigenvalue weighted by atomic mass is 10.2. The number of hydrogen-bond donors (Lipinski definition) is 1. The number of aromatic nitrogens is 4. The summed E-state index contributed by atoms with van der Waals surface area (Å²) in [7, 11) is 1.97. The predicted octanol–water partition coefficient (Wildman–Crippen LogP) is 2.08. The van der Waals surface area contributed by atoms with Gasteiger partial charge in [0, 0.05) is 24.5 Å². The Morgan fingerprint density at radius 3 is 3.05 bits per heavy atom. The van der Waals surface area contributed by atoms with E-state index in [0.717, 1.165) is 16.9 Å². The molecule has 0 aliphatic carbocycles. The highest BCUT2D eigenvalue weighted by atomic mass is 16.4. The van der Waals surface area contributed by atoms with Crippen molar-refractivity contribution in [1.29, 1.82) is 0 Å². The van der Waals surface area contributed by atoms with Gasteiger partial charge in [-0.2, -0.15) is 0 Å². The number of rotatable bonds is 4. The lowest BCUT2D eigenvalue weighted by Crippen LogP contribution is -2.03. The summed E-state index contributed by atoms with van der Waals surface area (Å²) in [6.45, 7) is 0.712. The summed E-state index contributed by atoms with van der Waals surface area (Å²) in [5.74, 6) is 0.518. The molecule has 19 heavy (non-hydrogen) atoms. The molecule has 96 valence electrons. The first-order valence-electron chi connectivity index (χ1n) is 5.88. The number of nitrogens with zero attached hydrogens (tertiary/aromatic N) is 4. The number of imidazole rings is 1. The highest BCUT2D eigenvalue weighted by molar-refractivity contribution is 5.60. The minimum atomic E-state index is 0.518. The average Bonchev–Trinajstić information content (AvgIpc) is 3.08. The third kappa shape index (κ3) is 2.47. The second kappa shape index (κ2) is 4.93. The van der Waals surface area contributed by atoms with Gasteiger partial charge < -0.3 is 14.3 Å². The molecule has 0 radical (unpaired) electrons. The number of anilines is 1. The number of aryl methyl sites for hydroxylation is 1. The minimum Gasteiger partial charge on any atom is -0.423 e. The molecule has 1 N–H and O–H groups in total. The molecule has 3 rings (SSSR count). The van der Waals surface area contributed by atoms with Crippen molar-refractivity contribution < 1.29 is 4.42 Å². The topological polar surface area (TPSA) is 68.8 Å². The summed E-state index contributed by atoms with van der Waals surface area (Å²) < 4.78 is 7.16. The van der Waals surface area contributed by atoms with E-state index in [9.17, 15) is 0 Å². The molecule has 0 fully saturated rings.